The first-order valence-electron chi connectivity index (χ1n) is 3.65. The third-order valence-electron chi connectivity index (χ3n) is 1.51. The molecular weight excluding hydrogens is 158 g/mol. The van der Waals surface area contributed by atoms with Crippen LogP contribution in [0.2, 0.25) is 0 Å². The van der Waals surface area contributed by atoms with Crippen LogP contribution in [-0.4, -0.2) is 23.0 Å². The molecule has 0 heterocycles. The summed E-state index contributed by atoms with van der Waals surface area (Å²) in [5.41, 5.74) is 0.517. The van der Waals surface area contributed by atoms with Crippen molar-refractivity contribution in [2.24, 2.45) is 0 Å². The Balaban J connectivity index is 4.11. The number of nitrogens with one attached hydrogen (secondary N) is 1. The summed E-state index contributed by atoms with van der Waals surface area (Å²) in [5.74, 6) is -1.38. The molecular formula is C8H13NO3. The fourth-order valence-corrected chi connectivity index (χ4v) is 0.503. The molecule has 1 unspecified atom stereocenters. The van der Waals surface area contributed by atoms with Crippen LogP contribution < -0.4 is 5.32 Å². The second-order valence-electron chi connectivity index (χ2n) is 2.51. The van der Waals surface area contributed by atoms with E-state index < -0.39 is 12.0 Å². The van der Waals surface area contributed by atoms with Crippen LogP contribution in [0.3, 0.4) is 0 Å². The van der Waals surface area contributed by atoms with Crippen molar-refractivity contribution in [1.82, 2.24) is 5.32 Å². The van der Waals surface area contributed by atoms with Gasteiger partial charge in [-0.15, -0.1) is 0 Å². The SMILES string of the molecule is C/C=C(\C)C(=O)NC(C)C(=O)O. The van der Waals surface area contributed by atoms with Crippen LogP contribution in [0.15, 0.2) is 11.6 Å². The summed E-state index contributed by atoms with van der Waals surface area (Å²) >= 11 is 0. The molecule has 0 saturated carbocycles. The van der Waals surface area contributed by atoms with Gasteiger partial charge in [-0.05, 0) is 20.8 Å². The smallest absolute Gasteiger partial charge is 0.325 e. The molecule has 0 aliphatic carbocycles. The lowest BCUT2D eigenvalue weighted by Gasteiger charge is -2.08. The molecule has 2 N–H and O–H groups in total. The molecule has 0 aromatic rings. The second kappa shape index (κ2) is 4.54. The van der Waals surface area contributed by atoms with Crippen molar-refractivity contribution in [2.45, 2.75) is 26.8 Å². The van der Waals surface area contributed by atoms with E-state index in [2.05, 4.69) is 5.32 Å². The van der Waals surface area contributed by atoms with E-state index >= 15 is 0 Å². The predicted octanol–water partition coefficient (Wildman–Crippen LogP) is 0.542. The van der Waals surface area contributed by atoms with Crippen molar-refractivity contribution in [3.05, 3.63) is 11.6 Å². The Morgan fingerprint density at radius 3 is 2.33 bits per heavy atom. The monoisotopic (exact) mass is 171 g/mol. The molecule has 1 atom stereocenters. The number of allylic oxidation sites excluding steroid dienone is 1. The van der Waals surface area contributed by atoms with E-state index in [9.17, 15) is 9.59 Å². The highest BCUT2D eigenvalue weighted by atomic mass is 16.4. The molecule has 0 bridgehead atoms. The average Bonchev–Trinajstić information content (AvgIpc) is 2.02. The highest BCUT2D eigenvalue weighted by Gasteiger charge is 2.13. The van der Waals surface area contributed by atoms with Gasteiger partial charge in [-0.1, -0.05) is 6.08 Å². The standard InChI is InChI=1S/C8H13NO3/c1-4-5(2)7(10)9-6(3)8(11)12/h4,6H,1-3H3,(H,9,10)(H,11,12)/b5-4+. The van der Waals surface area contributed by atoms with Gasteiger partial charge in [0.2, 0.25) is 5.91 Å². The lowest BCUT2D eigenvalue weighted by molar-refractivity contribution is -0.140. The van der Waals surface area contributed by atoms with Crippen LogP contribution in [-0.2, 0) is 9.59 Å². The first-order chi connectivity index (χ1) is 5.49. The van der Waals surface area contributed by atoms with Gasteiger partial charge in [0.25, 0.3) is 0 Å². The van der Waals surface area contributed by atoms with Crippen LogP contribution >= 0.6 is 0 Å². The molecule has 4 nitrogen and oxygen atoms in total. The summed E-state index contributed by atoms with van der Waals surface area (Å²) in [6, 6.07) is -0.840. The number of carboxylic acids is 1. The van der Waals surface area contributed by atoms with Gasteiger partial charge in [-0.2, -0.15) is 0 Å². The van der Waals surface area contributed by atoms with Crippen molar-refractivity contribution in [3.8, 4) is 0 Å². The predicted molar refractivity (Wildman–Crippen MR) is 44.7 cm³/mol. The van der Waals surface area contributed by atoms with Gasteiger partial charge < -0.3 is 10.4 Å². The number of aliphatic carboxylic acids is 1. The number of rotatable bonds is 3. The molecule has 0 rings (SSSR count). The molecule has 0 spiro atoms. The van der Waals surface area contributed by atoms with Gasteiger partial charge in [-0.3, -0.25) is 9.59 Å². The van der Waals surface area contributed by atoms with E-state index in [4.69, 9.17) is 5.11 Å². The zero-order chi connectivity index (χ0) is 9.72. The quantitative estimate of drug-likeness (QED) is 0.609. The zero-order valence-corrected chi connectivity index (χ0v) is 7.42. The lowest BCUT2D eigenvalue weighted by Crippen LogP contribution is -2.38. The largest absolute Gasteiger partial charge is 0.480 e. The maximum Gasteiger partial charge on any atom is 0.325 e. The highest BCUT2D eigenvalue weighted by Crippen LogP contribution is 1.92. The minimum Gasteiger partial charge on any atom is -0.480 e. The first-order valence-corrected chi connectivity index (χ1v) is 3.65. The highest BCUT2D eigenvalue weighted by molar-refractivity contribution is 5.95. The molecule has 0 radical (unpaired) electrons. The maximum atomic E-state index is 11.0. The second-order valence-corrected chi connectivity index (χ2v) is 2.51. The maximum absolute atomic E-state index is 11.0. The van der Waals surface area contributed by atoms with Gasteiger partial charge in [-0.25, -0.2) is 0 Å². The van der Waals surface area contributed by atoms with E-state index in [1.54, 1.807) is 19.9 Å². The van der Waals surface area contributed by atoms with Crippen molar-refractivity contribution in [1.29, 1.82) is 0 Å². The van der Waals surface area contributed by atoms with E-state index in [1.807, 2.05) is 0 Å². The van der Waals surface area contributed by atoms with Crippen molar-refractivity contribution >= 4 is 11.9 Å². The summed E-state index contributed by atoms with van der Waals surface area (Å²) in [6.07, 6.45) is 1.63. The van der Waals surface area contributed by atoms with Crippen LogP contribution in [0, 0.1) is 0 Å². The normalized spacial score (nSPS) is 13.8. The Labute approximate surface area is 71.3 Å². The van der Waals surface area contributed by atoms with Crippen LogP contribution in [0.4, 0.5) is 0 Å². The van der Waals surface area contributed by atoms with Crippen molar-refractivity contribution < 1.29 is 14.7 Å². The van der Waals surface area contributed by atoms with E-state index in [0.29, 0.717) is 5.57 Å². The van der Waals surface area contributed by atoms with Gasteiger partial charge in [0.1, 0.15) is 6.04 Å². The molecule has 0 aromatic carbocycles. The number of hydrogen-bond acceptors (Lipinski definition) is 2. The summed E-state index contributed by atoms with van der Waals surface area (Å²) in [4.78, 5) is 21.4. The minimum atomic E-state index is -1.03. The molecule has 1 amide bonds. The third kappa shape index (κ3) is 3.18. The Morgan fingerprint density at radius 2 is 2.00 bits per heavy atom. The van der Waals surface area contributed by atoms with E-state index in [1.165, 1.54) is 6.92 Å². The molecule has 12 heavy (non-hydrogen) atoms. The zero-order valence-electron chi connectivity index (χ0n) is 7.42. The van der Waals surface area contributed by atoms with Gasteiger partial charge >= 0.3 is 5.97 Å². The molecule has 4 heteroatoms. The lowest BCUT2D eigenvalue weighted by atomic mass is 10.2. The van der Waals surface area contributed by atoms with Gasteiger partial charge in [0.15, 0.2) is 0 Å². The van der Waals surface area contributed by atoms with Gasteiger partial charge in [0.05, 0.1) is 0 Å². The average molecular weight is 171 g/mol. The number of carboxylic acid groups (broad SMARTS) is 1. The fraction of sp³-hybridized carbons (Fsp3) is 0.500. The number of hydrogen-bond donors (Lipinski definition) is 2. The topological polar surface area (TPSA) is 66.4 Å². The Bertz CT molecular complexity index is 220. The van der Waals surface area contributed by atoms with E-state index in [-0.39, 0.29) is 5.91 Å². The molecule has 68 valence electrons. The Hall–Kier alpha value is -1.32. The molecule has 0 saturated heterocycles. The minimum absolute atomic E-state index is 0.340. The third-order valence-corrected chi connectivity index (χ3v) is 1.51. The fourth-order valence-electron chi connectivity index (χ4n) is 0.503. The summed E-state index contributed by atoms with van der Waals surface area (Å²) in [5, 5.41) is 10.8. The Kier molecular flexibility index (Phi) is 4.04. The van der Waals surface area contributed by atoms with Crippen molar-refractivity contribution in [2.75, 3.05) is 0 Å². The Morgan fingerprint density at radius 1 is 1.50 bits per heavy atom. The van der Waals surface area contributed by atoms with Crippen molar-refractivity contribution in [3.63, 3.8) is 0 Å². The number of carbonyl (C=O) groups excluding carboxylic acids is 1. The molecule has 0 aliphatic rings. The van der Waals surface area contributed by atoms with Crippen LogP contribution in [0.5, 0.6) is 0 Å². The van der Waals surface area contributed by atoms with E-state index in [0.717, 1.165) is 0 Å². The molecule has 0 aromatic heterocycles. The summed E-state index contributed by atoms with van der Waals surface area (Å²) in [7, 11) is 0. The van der Waals surface area contributed by atoms with Crippen LogP contribution in [0.25, 0.3) is 0 Å². The van der Waals surface area contributed by atoms with Gasteiger partial charge in [0, 0.05) is 5.57 Å². The summed E-state index contributed by atoms with van der Waals surface area (Å²) in [6.45, 7) is 4.77. The number of carbonyl (C=O) groups is 2. The number of amides is 1. The molecule has 0 aliphatic heterocycles. The molecule has 0 fully saturated rings. The van der Waals surface area contributed by atoms with Crippen LogP contribution in [0.1, 0.15) is 20.8 Å². The first kappa shape index (κ1) is 10.7. The summed E-state index contributed by atoms with van der Waals surface area (Å²) < 4.78 is 0.